The predicted octanol–water partition coefficient (Wildman–Crippen LogP) is 25.3. The highest BCUT2D eigenvalue weighted by atomic mass is 16.6. The van der Waals surface area contributed by atoms with Gasteiger partial charge in [-0.2, -0.15) is 0 Å². The fraction of sp³-hybridized carbons (Fsp3) is 0.907. The minimum atomic E-state index is -0.772. The first-order chi connectivity index (χ1) is 40.0. The molecular formula is C75H142O6. The van der Waals surface area contributed by atoms with Crippen molar-refractivity contribution < 1.29 is 28.6 Å². The van der Waals surface area contributed by atoms with Gasteiger partial charge in [0.25, 0.3) is 0 Å². The van der Waals surface area contributed by atoms with Gasteiger partial charge in [-0.25, -0.2) is 0 Å². The molecule has 1 unspecified atom stereocenters. The highest BCUT2D eigenvalue weighted by molar-refractivity contribution is 5.71. The second kappa shape index (κ2) is 70.4. The smallest absolute Gasteiger partial charge is 0.306 e. The third kappa shape index (κ3) is 68.6. The third-order valence-electron chi connectivity index (χ3n) is 17.0. The van der Waals surface area contributed by atoms with Crippen molar-refractivity contribution >= 4 is 17.9 Å². The molecule has 0 bridgehead atoms. The SMILES string of the molecule is CCCCCC/C=C\C/C=C\CCCCCCCCCC(=O)OCC(COC(=O)CCCCCCCCCCCCCCCCCCCCCCCCCC)OC(=O)CCCCCCCCCCCCCCCCCCCCCCC. The zero-order valence-electron chi connectivity index (χ0n) is 55.1. The minimum absolute atomic E-state index is 0.0669. The lowest BCUT2D eigenvalue weighted by Gasteiger charge is -2.18. The molecule has 0 saturated heterocycles. The van der Waals surface area contributed by atoms with Gasteiger partial charge in [0.1, 0.15) is 13.2 Å². The van der Waals surface area contributed by atoms with Crippen LogP contribution < -0.4 is 0 Å². The topological polar surface area (TPSA) is 78.9 Å². The van der Waals surface area contributed by atoms with E-state index in [-0.39, 0.29) is 31.1 Å². The van der Waals surface area contributed by atoms with Crippen LogP contribution in [0.15, 0.2) is 24.3 Å². The van der Waals surface area contributed by atoms with Gasteiger partial charge in [0.2, 0.25) is 0 Å². The van der Waals surface area contributed by atoms with E-state index in [9.17, 15) is 14.4 Å². The summed E-state index contributed by atoms with van der Waals surface area (Å²) < 4.78 is 17.0. The molecule has 0 N–H and O–H groups in total. The van der Waals surface area contributed by atoms with Gasteiger partial charge >= 0.3 is 17.9 Å². The molecule has 0 spiro atoms. The number of carbonyl (C=O) groups excluding carboxylic acids is 3. The van der Waals surface area contributed by atoms with E-state index in [1.165, 1.54) is 308 Å². The summed E-state index contributed by atoms with van der Waals surface area (Å²) in [5.74, 6) is -0.838. The van der Waals surface area contributed by atoms with Gasteiger partial charge in [-0.05, 0) is 51.4 Å². The lowest BCUT2D eigenvalue weighted by Crippen LogP contribution is -2.30. The number of hydrogen-bond donors (Lipinski definition) is 0. The van der Waals surface area contributed by atoms with Crippen LogP contribution in [-0.4, -0.2) is 37.2 Å². The Hall–Kier alpha value is -2.11. The molecule has 1 atom stereocenters. The molecule has 0 radical (unpaired) electrons. The van der Waals surface area contributed by atoms with Gasteiger partial charge in [0.05, 0.1) is 0 Å². The predicted molar refractivity (Wildman–Crippen MR) is 353 cm³/mol. The van der Waals surface area contributed by atoms with Crippen LogP contribution in [0.5, 0.6) is 0 Å². The summed E-state index contributed by atoms with van der Waals surface area (Å²) in [6.45, 7) is 6.72. The summed E-state index contributed by atoms with van der Waals surface area (Å²) in [5.41, 5.74) is 0. The number of allylic oxidation sites excluding steroid dienone is 4. The average Bonchev–Trinajstić information content (AvgIpc) is 3.47. The fourth-order valence-corrected chi connectivity index (χ4v) is 11.4. The van der Waals surface area contributed by atoms with Crippen LogP contribution in [0, 0.1) is 0 Å². The van der Waals surface area contributed by atoms with Crippen LogP contribution in [0.1, 0.15) is 419 Å². The summed E-state index contributed by atoms with van der Waals surface area (Å²) in [6, 6.07) is 0. The second-order valence-electron chi connectivity index (χ2n) is 25.2. The maximum atomic E-state index is 13.0. The molecular weight excluding hydrogens is 997 g/mol. The van der Waals surface area contributed by atoms with E-state index >= 15 is 0 Å². The van der Waals surface area contributed by atoms with E-state index in [1.807, 2.05) is 0 Å². The average molecular weight is 1140 g/mol. The normalized spacial score (nSPS) is 12.1. The van der Waals surface area contributed by atoms with Gasteiger partial charge in [0.15, 0.2) is 6.10 Å². The molecule has 6 nitrogen and oxygen atoms in total. The molecule has 0 aromatic carbocycles. The van der Waals surface area contributed by atoms with Crippen LogP contribution in [0.3, 0.4) is 0 Å². The molecule has 0 heterocycles. The van der Waals surface area contributed by atoms with E-state index in [0.717, 1.165) is 70.6 Å². The quantitative estimate of drug-likeness (QED) is 0.0261. The molecule has 0 aromatic heterocycles. The Morgan fingerprint density at radius 1 is 0.247 bits per heavy atom. The summed E-state index contributed by atoms with van der Waals surface area (Å²) in [5, 5.41) is 0. The first-order valence-electron chi connectivity index (χ1n) is 36.8. The summed E-state index contributed by atoms with van der Waals surface area (Å²) in [4.78, 5) is 38.5. The molecule has 0 rings (SSSR count). The van der Waals surface area contributed by atoms with Crippen molar-refractivity contribution in [3.63, 3.8) is 0 Å². The maximum Gasteiger partial charge on any atom is 0.306 e. The van der Waals surface area contributed by atoms with Crippen molar-refractivity contribution in [1.82, 2.24) is 0 Å². The van der Waals surface area contributed by atoms with Crippen LogP contribution in [0.25, 0.3) is 0 Å². The molecule has 0 fully saturated rings. The Morgan fingerprint density at radius 2 is 0.444 bits per heavy atom. The Labute approximate surface area is 506 Å². The van der Waals surface area contributed by atoms with Crippen molar-refractivity contribution in [2.75, 3.05) is 13.2 Å². The number of ether oxygens (including phenoxy) is 3. The zero-order chi connectivity index (χ0) is 58.5. The number of esters is 3. The van der Waals surface area contributed by atoms with Gasteiger partial charge in [-0.3, -0.25) is 14.4 Å². The Kier molecular flexibility index (Phi) is 68.5. The van der Waals surface area contributed by atoms with Crippen LogP contribution >= 0.6 is 0 Å². The van der Waals surface area contributed by atoms with Crippen molar-refractivity contribution in [3.05, 3.63) is 24.3 Å². The van der Waals surface area contributed by atoms with Crippen molar-refractivity contribution in [1.29, 1.82) is 0 Å². The fourth-order valence-electron chi connectivity index (χ4n) is 11.4. The lowest BCUT2D eigenvalue weighted by molar-refractivity contribution is -0.167. The maximum absolute atomic E-state index is 13.0. The van der Waals surface area contributed by atoms with Crippen LogP contribution in [-0.2, 0) is 28.6 Å². The molecule has 0 aliphatic heterocycles. The zero-order valence-corrected chi connectivity index (χ0v) is 55.1. The van der Waals surface area contributed by atoms with Gasteiger partial charge < -0.3 is 14.2 Å². The minimum Gasteiger partial charge on any atom is -0.462 e. The van der Waals surface area contributed by atoms with Crippen LogP contribution in [0.4, 0.5) is 0 Å². The van der Waals surface area contributed by atoms with E-state index in [4.69, 9.17) is 14.2 Å². The standard InChI is InChI=1S/C75H142O6/c1-4-7-10-13-16-19-22-25-28-31-34-36-37-38-40-41-44-47-50-53-56-59-62-65-68-74(77)80-71-72(70-79-73(76)67-64-61-58-55-52-49-46-43-33-30-27-24-21-18-15-12-9-6-3)81-75(78)69-66-63-60-57-54-51-48-45-42-39-35-32-29-26-23-20-17-14-11-8-5-2/h21,24,30,33,72H,4-20,22-23,25-29,31-32,34-71H2,1-3H3/b24-21-,33-30-. The van der Waals surface area contributed by atoms with Crippen molar-refractivity contribution in [2.24, 2.45) is 0 Å². The summed E-state index contributed by atoms with van der Waals surface area (Å²) in [7, 11) is 0. The second-order valence-corrected chi connectivity index (χ2v) is 25.2. The first kappa shape index (κ1) is 78.9. The number of rotatable bonds is 69. The Morgan fingerprint density at radius 3 is 0.691 bits per heavy atom. The molecule has 0 amide bonds. The molecule has 6 heteroatoms. The van der Waals surface area contributed by atoms with E-state index < -0.39 is 6.10 Å². The monoisotopic (exact) mass is 1140 g/mol. The van der Waals surface area contributed by atoms with Crippen LogP contribution in [0.2, 0.25) is 0 Å². The molecule has 0 aliphatic carbocycles. The van der Waals surface area contributed by atoms with Gasteiger partial charge in [-0.15, -0.1) is 0 Å². The van der Waals surface area contributed by atoms with E-state index in [0.29, 0.717) is 19.3 Å². The molecule has 0 saturated carbocycles. The first-order valence-corrected chi connectivity index (χ1v) is 36.8. The van der Waals surface area contributed by atoms with E-state index in [1.54, 1.807) is 0 Å². The largest absolute Gasteiger partial charge is 0.462 e. The van der Waals surface area contributed by atoms with Gasteiger partial charge in [-0.1, -0.05) is 373 Å². The van der Waals surface area contributed by atoms with E-state index in [2.05, 4.69) is 45.1 Å². The number of carbonyl (C=O) groups is 3. The van der Waals surface area contributed by atoms with Gasteiger partial charge in [0, 0.05) is 19.3 Å². The Bertz CT molecular complexity index is 1310. The highest BCUT2D eigenvalue weighted by Crippen LogP contribution is 2.19. The molecule has 0 aliphatic rings. The molecule has 0 aromatic rings. The molecule has 81 heavy (non-hydrogen) atoms. The highest BCUT2D eigenvalue weighted by Gasteiger charge is 2.20. The summed E-state index contributed by atoms with van der Waals surface area (Å²) >= 11 is 0. The van der Waals surface area contributed by atoms with Crippen molar-refractivity contribution in [3.8, 4) is 0 Å². The molecule has 478 valence electrons. The summed E-state index contributed by atoms with van der Waals surface area (Å²) in [6.07, 6.45) is 86.4. The number of hydrogen-bond acceptors (Lipinski definition) is 6. The van der Waals surface area contributed by atoms with Crippen molar-refractivity contribution in [2.45, 2.75) is 425 Å². The lowest BCUT2D eigenvalue weighted by atomic mass is 10.0. The Balaban J connectivity index is 4.28. The third-order valence-corrected chi connectivity index (χ3v) is 17.0. The number of unbranched alkanes of at least 4 members (excludes halogenated alkanes) is 54.